The Bertz CT molecular complexity index is 367. The number of ether oxygens (including phenoxy) is 1. The van der Waals surface area contributed by atoms with Gasteiger partial charge in [0.1, 0.15) is 0 Å². The van der Waals surface area contributed by atoms with Gasteiger partial charge in [0.15, 0.2) is 5.96 Å². The van der Waals surface area contributed by atoms with Crippen LogP contribution < -0.4 is 16.0 Å². The molecule has 0 saturated heterocycles. The topological polar surface area (TPSA) is 74.8 Å². The van der Waals surface area contributed by atoms with E-state index >= 15 is 0 Å². The Labute approximate surface area is 127 Å². The number of amides is 1. The molecule has 6 nitrogen and oxygen atoms in total. The number of allylic oxidation sites excluding steroid dienone is 1. The molecule has 0 unspecified atom stereocenters. The number of hydrogen-bond acceptors (Lipinski definition) is 3. The molecule has 0 aliphatic heterocycles. The van der Waals surface area contributed by atoms with Crippen LogP contribution in [0.5, 0.6) is 0 Å². The van der Waals surface area contributed by atoms with Crippen molar-refractivity contribution < 1.29 is 9.53 Å². The van der Waals surface area contributed by atoms with Crippen molar-refractivity contribution in [3.63, 3.8) is 0 Å². The number of methoxy groups -OCH3 is 1. The quantitative estimate of drug-likeness (QED) is 0.268. The number of nitrogens with one attached hydrogen (secondary N) is 3. The van der Waals surface area contributed by atoms with Gasteiger partial charge in [-0.2, -0.15) is 0 Å². The maximum absolute atomic E-state index is 11.5. The number of carbonyl (C=O) groups is 1. The zero-order valence-corrected chi connectivity index (χ0v) is 13.2. The van der Waals surface area contributed by atoms with Crippen LogP contribution in [0, 0.1) is 0 Å². The fourth-order valence-corrected chi connectivity index (χ4v) is 2.21. The number of carbonyl (C=O) groups excluding carboxylic acids is 1. The highest BCUT2D eigenvalue weighted by molar-refractivity contribution is 5.86. The summed E-state index contributed by atoms with van der Waals surface area (Å²) in [7, 11) is 3.32. The molecular formula is C15H28N4O2. The lowest BCUT2D eigenvalue weighted by Crippen LogP contribution is -2.44. The molecule has 0 radical (unpaired) electrons. The number of aliphatic imine (C=N–C) groups is 1. The first-order chi connectivity index (χ1) is 10.3. The third-order valence-electron chi connectivity index (χ3n) is 3.39. The second kappa shape index (κ2) is 11.1. The van der Waals surface area contributed by atoms with Crippen molar-refractivity contribution in [3.8, 4) is 0 Å². The van der Waals surface area contributed by atoms with Gasteiger partial charge < -0.3 is 20.7 Å². The molecule has 0 saturated carbocycles. The van der Waals surface area contributed by atoms with Gasteiger partial charge in [0.2, 0.25) is 5.91 Å². The zero-order valence-electron chi connectivity index (χ0n) is 13.2. The molecule has 0 aromatic heterocycles. The first kappa shape index (κ1) is 17.5. The van der Waals surface area contributed by atoms with Crippen LogP contribution in [0.3, 0.4) is 0 Å². The fraction of sp³-hybridized carbons (Fsp3) is 0.733. The molecule has 6 heteroatoms. The standard InChI is InChI=1S/C15H28N4O2/c1-16-15(19-12-14(20)17-10-11-21-2)18-9-8-13-6-4-3-5-7-13/h6H,3-5,7-12H2,1-2H3,(H,17,20)(H2,16,18,19). The Kier molecular flexibility index (Phi) is 9.28. The molecular weight excluding hydrogens is 268 g/mol. The Balaban J connectivity index is 2.13. The van der Waals surface area contributed by atoms with E-state index in [1.165, 1.54) is 31.3 Å². The maximum atomic E-state index is 11.5. The van der Waals surface area contributed by atoms with Gasteiger partial charge in [-0.3, -0.25) is 9.79 Å². The van der Waals surface area contributed by atoms with Crippen LogP contribution >= 0.6 is 0 Å². The first-order valence-electron chi connectivity index (χ1n) is 7.64. The largest absolute Gasteiger partial charge is 0.383 e. The lowest BCUT2D eigenvalue weighted by molar-refractivity contribution is -0.120. The van der Waals surface area contributed by atoms with E-state index in [0.717, 1.165) is 13.0 Å². The predicted octanol–water partition coefficient (Wildman–Crippen LogP) is 0.804. The van der Waals surface area contributed by atoms with Gasteiger partial charge in [-0.25, -0.2) is 0 Å². The average molecular weight is 296 g/mol. The molecule has 0 aromatic carbocycles. The van der Waals surface area contributed by atoms with E-state index in [2.05, 4.69) is 27.0 Å². The molecule has 3 N–H and O–H groups in total. The van der Waals surface area contributed by atoms with E-state index < -0.39 is 0 Å². The van der Waals surface area contributed by atoms with E-state index in [1.807, 2.05) is 0 Å². The van der Waals surface area contributed by atoms with Crippen LogP contribution in [0.4, 0.5) is 0 Å². The summed E-state index contributed by atoms with van der Waals surface area (Å²) in [6.45, 7) is 2.11. The minimum absolute atomic E-state index is 0.0648. The summed E-state index contributed by atoms with van der Waals surface area (Å²) in [5.74, 6) is 0.596. The number of rotatable bonds is 8. The zero-order chi connectivity index (χ0) is 15.3. The minimum Gasteiger partial charge on any atom is -0.383 e. The van der Waals surface area contributed by atoms with Crippen LogP contribution in [0.1, 0.15) is 32.1 Å². The molecule has 120 valence electrons. The van der Waals surface area contributed by atoms with Crippen molar-refractivity contribution in [1.29, 1.82) is 0 Å². The molecule has 0 spiro atoms. The second-order valence-corrected chi connectivity index (χ2v) is 5.05. The Hall–Kier alpha value is -1.56. The van der Waals surface area contributed by atoms with Gasteiger partial charge >= 0.3 is 0 Å². The number of hydrogen-bond donors (Lipinski definition) is 3. The molecule has 21 heavy (non-hydrogen) atoms. The molecule has 1 rings (SSSR count). The van der Waals surface area contributed by atoms with Crippen molar-refractivity contribution in [2.24, 2.45) is 4.99 Å². The van der Waals surface area contributed by atoms with Gasteiger partial charge in [0, 0.05) is 27.2 Å². The predicted molar refractivity (Wildman–Crippen MR) is 85.4 cm³/mol. The van der Waals surface area contributed by atoms with E-state index in [-0.39, 0.29) is 12.5 Å². The van der Waals surface area contributed by atoms with Gasteiger partial charge in [-0.15, -0.1) is 0 Å². The first-order valence-corrected chi connectivity index (χ1v) is 7.64. The molecule has 0 fully saturated rings. The summed E-state index contributed by atoms with van der Waals surface area (Å²) in [6.07, 6.45) is 8.45. The maximum Gasteiger partial charge on any atom is 0.239 e. The number of nitrogens with zero attached hydrogens (tertiary/aromatic N) is 1. The fourth-order valence-electron chi connectivity index (χ4n) is 2.21. The third-order valence-corrected chi connectivity index (χ3v) is 3.39. The Morgan fingerprint density at radius 1 is 1.29 bits per heavy atom. The Morgan fingerprint density at radius 2 is 2.14 bits per heavy atom. The lowest BCUT2D eigenvalue weighted by Gasteiger charge is -2.15. The number of guanidine groups is 1. The van der Waals surface area contributed by atoms with E-state index in [9.17, 15) is 4.79 Å². The SMILES string of the molecule is CN=C(NCCC1=CCCCC1)NCC(=O)NCCOC. The summed E-state index contributed by atoms with van der Waals surface area (Å²) in [5.41, 5.74) is 1.53. The third kappa shape index (κ3) is 8.34. The molecule has 0 bridgehead atoms. The smallest absolute Gasteiger partial charge is 0.239 e. The monoisotopic (exact) mass is 296 g/mol. The van der Waals surface area contributed by atoms with Crippen LogP contribution in [0.25, 0.3) is 0 Å². The van der Waals surface area contributed by atoms with Gasteiger partial charge in [-0.05, 0) is 32.1 Å². The van der Waals surface area contributed by atoms with E-state index in [1.54, 1.807) is 14.2 Å². The highest BCUT2D eigenvalue weighted by Gasteiger charge is 2.05. The van der Waals surface area contributed by atoms with Crippen molar-refractivity contribution >= 4 is 11.9 Å². The van der Waals surface area contributed by atoms with E-state index in [4.69, 9.17) is 4.74 Å². The van der Waals surface area contributed by atoms with Crippen LogP contribution in [-0.4, -0.2) is 52.3 Å². The van der Waals surface area contributed by atoms with Crippen LogP contribution in [-0.2, 0) is 9.53 Å². The van der Waals surface area contributed by atoms with Crippen molar-refractivity contribution in [2.45, 2.75) is 32.1 Å². The molecule has 1 amide bonds. The van der Waals surface area contributed by atoms with E-state index in [0.29, 0.717) is 19.1 Å². The summed E-state index contributed by atoms with van der Waals surface area (Å²) < 4.78 is 4.87. The molecule has 0 atom stereocenters. The Morgan fingerprint density at radius 3 is 2.81 bits per heavy atom. The highest BCUT2D eigenvalue weighted by Crippen LogP contribution is 2.19. The molecule has 0 aromatic rings. The highest BCUT2D eigenvalue weighted by atomic mass is 16.5. The minimum atomic E-state index is -0.0648. The summed E-state index contributed by atoms with van der Waals surface area (Å²) in [5, 5.41) is 8.99. The molecule has 1 aliphatic rings. The molecule has 1 aliphatic carbocycles. The van der Waals surface area contributed by atoms with Gasteiger partial charge in [0.25, 0.3) is 0 Å². The molecule has 0 heterocycles. The van der Waals surface area contributed by atoms with Gasteiger partial charge in [0.05, 0.1) is 13.2 Å². The second-order valence-electron chi connectivity index (χ2n) is 5.05. The summed E-state index contributed by atoms with van der Waals surface area (Å²) in [6, 6.07) is 0. The lowest BCUT2D eigenvalue weighted by atomic mass is 9.97. The van der Waals surface area contributed by atoms with Crippen LogP contribution in [0.15, 0.2) is 16.6 Å². The van der Waals surface area contributed by atoms with Gasteiger partial charge in [-0.1, -0.05) is 11.6 Å². The summed E-state index contributed by atoms with van der Waals surface area (Å²) in [4.78, 5) is 15.6. The average Bonchev–Trinajstić information content (AvgIpc) is 2.52. The van der Waals surface area contributed by atoms with Crippen molar-refractivity contribution in [2.75, 3.05) is 40.4 Å². The normalized spacial score (nSPS) is 15.3. The van der Waals surface area contributed by atoms with Crippen molar-refractivity contribution in [1.82, 2.24) is 16.0 Å². The van der Waals surface area contributed by atoms with Crippen molar-refractivity contribution in [3.05, 3.63) is 11.6 Å². The summed E-state index contributed by atoms with van der Waals surface area (Å²) >= 11 is 0. The van der Waals surface area contributed by atoms with Crippen LogP contribution in [0.2, 0.25) is 0 Å².